The van der Waals surface area contributed by atoms with E-state index in [1.54, 1.807) is 0 Å². The van der Waals surface area contributed by atoms with Crippen molar-refractivity contribution in [3.63, 3.8) is 0 Å². The summed E-state index contributed by atoms with van der Waals surface area (Å²) in [7, 11) is 1.95. The van der Waals surface area contributed by atoms with E-state index in [9.17, 15) is 4.79 Å². The molecule has 1 N–H and O–H groups in total. The highest BCUT2D eigenvalue weighted by molar-refractivity contribution is 5.75. The van der Waals surface area contributed by atoms with Crippen LogP contribution in [-0.2, 0) is 4.79 Å². The average molecular weight is 254 g/mol. The van der Waals surface area contributed by atoms with Crippen LogP contribution in [0.25, 0.3) is 0 Å². The van der Waals surface area contributed by atoms with Crippen molar-refractivity contribution in [3.8, 4) is 0 Å². The van der Waals surface area contributed by atoms with Gasteiger partial charge in [-0.05, 0) is 25.8 Å². The Labute approximate surface area is 112 Å². The summed E-state index contributed by atoms with van der Waals surface area (Å²) in [5, 5.41) is 3.49. The molecule has 1 amide bonds. The minimum atomic E-state index is 0.318. The highest BCUT2D eigenvalue weighted by atomic mass is 16.2. The fourth-order valence-electron chi connectivity index (χ4n) is 2.58. The molecule has 1 atom stereocenters. The predicted octanol–water partition coefficient (Wildman–Crippen LogP) is 2.95. The van der Waals surface area contributed by atoms with Crippen LogP contribution < -0.4 is 5.32 Å². The van der Waals surface area contributed by atoms with Crippen LogP contribution in [0.3, 0.4) is 0 Å². The SMILES string of the molecule is CCCCCCCC(=O)N(C)CC1CCCCN1. The van der Waals surface area contributed by atoms with Gasteiger partial charge in [0.1, 0.15) is 0 Å². The molecule has 1 aliphatic rings. The van der Waals surface area contributed by atoms with E-state index in [1.807, 2.05) is 11.9 Å². The summed E-state index contributed by atoms with van der Waals surface area (Å²) < 4.78 is 0. The third-order valence-electron chi connectivity index (χ3n) is 3.83. The maximum absolute atomic E-state index is 11.9. The van der Waals surface area contributed by atoms with Crippen molar-refractivity contribution in [2.45, 2.75) is 70.8 Å². The lowest BCUT2D eigenvalue weighted by Gasteiger charge is -2.28. The third kappa shape index (κ3) is 6.39. The van der Waals surface area contributed by atoms with Gasteiger partial charge in [-0.25, -0.2) is 0 Å². The molecule has 1 heterocycles. The van der Waals surface area contributed by atoms with E-state index in [-0.39, 0.29) is 0 Å². The number of nitrogens with one attached hydrogen (secondary N) is 1. The second-order valence-electron chi connectivity index (χ2n) is 5.59. The van der Waals surface area contributed by atoms with E-state index < -0.39 is 0 Å². The number of amides is 1. The first kappa shape index (κ1) is 15.5. The van der Waals surface area contributed by atoms with Gasteiger partial charge in [0.05, 0.1) is 0 Å². The molecular formula is C15H30N2O. The first-order valence-corrected chi connectivity index (χ1v) is 7.71. The Morgan fingerprint density at radius 1 is 1.22 bits per heavy atom. The van der Waals surface area contributed by atoms with Gasteiger partial charge in [0, 0.05) is 26.1 Å². The molecule has 0 spiro atoms. The van der Waals surface area contributed by atoms with Gasteiger partial charge in [0.25, 0.3) is 0 Å². The molecule has 1 saturated heterocycles. The Hall–Kier alpha value is -0.570. The van der Waals surface area contributed by atoms with Crippen molar-refractivity contribution in [1.29, 1.82) is 0 Å². The molecule has 1 fully saturated rings. The van der Waals surface area contributed by atoms with Crippen LogP contribution in [0.15, 0.2) is 0 Å². The zero-order valence-corrected chi connectivity index (χ0v) is 12.2. The van der Waals surface area contributed by atoms with Gasteiger partial charge in [-0.3, -0.25) is 4.79 Å². The number of hydrogen-bond acceptors (Lipinski definition) is 2. The molecule has 0 radical (unpaired) electrons. The maximum atomic E-state index is 11.9. The minimum Gasteiger partial charge on any atom is -0.344 e. The second-order valence-corrected chi connectivity index (χ2v) is 5.59. The first-order chi connectivity index (χ1) is 8.74. The number of rotatable bonds is 8. The van der Waals surface area contributed by atoms with E-state index in [1.165, 1.54) is 44.9 Å². The fourth-order valence-corrected chi connectivity index (χ4v) is 2.58. The lowest BCUT2D eigenvalue weighted by molar-refractivity contribution is -0.130. The van der Waals surface area contributed by atoms with Crippen molar-refractivity contribution in [1.82, 2.24) is 10.2 Å². The second kappa shape index (κ2) is 9.37. The van der Waals surface area contributed by atoms with Gasteiger partial charge >= 0.3 is 0 Å². The van der Waals surface area contributed by atoms with Crippen LogP contribution in [0.2, 0.25) is 0 Å². The van der Waals surface area contributed by atoms with Gasteiger partial charge in [0.2, 0.25) is 5.91 Å². The number of hydrogen-bond donors (Lipinski definition) is 1. The Kier molecular flexibility index (Phi) is 8.06. The molecule has 1 unspecified atom stereocenters. The summed E-state index contributed by atoms with van der Waals surface area (Å²) in [4.78, 5) is 13.9. The molecule has 0 aromatic carbocycles. The summed E-state index contributed by atoms with van der Waals surface area (Å²) in [5.74, 6) is 0.318. The predicted molar refractivity (Wildman–Crippen MR) is 76.7 cm³/mol. The quantitative estimate of drug-likeness (QED) is 0.675. The molecule has 106 valence electrons. The van der Waals surface area contributed by atoms with Crippen LogP contribution in [0, 0.1) is 0 Å². The first-order valence-electron chi connectivity index (χ1n) is 7.71. The average Bonchev–Trinajstić information content (AvgIpc) is 2.39. The molecule has 0 saturated carbocycles. The summed E-state index contributed by atoms with van der Waals surface area (Å²) >= 11 is 0. The standard InChI is InChI=1S/C15H30N2O/c1-3-4-5-6-7-11-15(18)17(2)13-14-10-8-9-12-16-14/h14,16H,3-13H2,1-2H3. The molecule has 1 rings (SSSR count). The monoisotopic (exact) mass is 254 g/mol. The van der Waals surface area contributed by atoms with Crippen molar-refractivity contribution in [2.24, 2.45) is 0 Å². The van der Waals surface area contributed by atoms with E-state index in [0.29, 0.717) is 11.9 Å². The molecule has 3 nitrogen and oxygen atoms in total. The largest absolute Gasteiger partial charge is 0.344 e. The Balaban J connectivity index is 2.08. The fraction of sp³-hybridized carbons (Fsp3) is 0.933. The van der Waals surface area contributed by atoms with Crippen LogP contribution in [-0.4, -0.2) is 37.0 Å². The van der Waals surface area contributed by atoms with Gasteiger partial charge in [-0.2, -0.15) is 0 Å². The van der Waals surface area contributed by atoms with Gasteiger partial charge in [-0.1, -0.05) is 39.0 Å². The lowest BCUT2D eigenvalue weighted by Crippen LogP contribution is -2.44. The molecule has 0 aromatic heterocycles. The molecule has 0 aliphatic carbocycles. The minimum absolute atomic E-state index is 0.318. The molecule has 1 aliphatic heterocycles. The summed E-state index contributed by atoms with van der Waals surface area (Å²) in [6.07, 6.45) is 10.6. The van der Waals surface area contributed by atoms with Crippen molar-refractivity contribution < 1.29 is 4.79 Å². The molecule has 18 heavy (non-hydrogen) atoms. The molecular weight excluding hydrogens is 224 g/mol. The number of nitrogens with zero attached hydrogens (tertiary/aromatic N) is 1. The number of piperidine rings is 1. The highest BCUT2D eigenvalue weighted by Crippen LogP contribution is 2.10. The van der Waals surface area contributed by atoms with Crippen molar-refractivity contribution >= 4 is 5.91 Å². The zero-order chi connectivity index (χ0) is 13.2. The smallest absolute Gasteiger partial charge is 0.222 e. The maximum Gasteiger partial charge on any atom is 0.222 e. The number of carbonyl (C=O) groups excluding carboxylic acids is 1. The van der Waals surface area contributed by atoms with Gasteiger partial charge in [-0.15, -0.1) is 0 Å². The van der Waals surface area contributed by atoms with Crippen LogP contribution in [0.1, 0.15) is 64.7 Å². The Bertz CT molecular complexity index is 225. The summed E-state index contributed by atoms with van der Waals surface area (Å²) in [6, 6.07) is 0.521. The normalized spacial score (nSPS) is 19.8. The molecule has 0 bridgehead atoms. The van der Waals surface area contributed by atoms with Crippen LogP contribution in [0.5, 0.6) is 0 Å². The lowest BCUT2D eigenvalue weighted by atomic mass is 10.0. The molecule has 0 aromatic rings. The van der Waals surface area contributed by atoms with Gasteiger partial charge < -0.3 is 10.2 Å². The van der Waals surface area contributed by atoms with E-state index in [0.717, 1.165) is 25.9 Å². The number of carbonyl (C=O) groups is 1. The summed E-state index contributed by atoms with van der Waals surface area (Å²) in [6.45, 7) is 4.22. The number of likely N-dealkylation sites (N-methyl/N-ethyl adjacent to an activating group) is 1. The topological polar surface area (TPSA) is 32.3 Å². The zero-order valence-electron chi connectivity index (χ0n) is 12.2. The molecule has 3 heteroatoms. The Morgan fingerprint density at radius 2 is 2.00 bits per heavy atom. The Morgan fingerprint density at radius 3 is 2.67 bits per heavy atom. The van der Waals surface area contributed by atoms with Crippen molar-refractivity contribution in [2.75, 3.05) is 20.1 Å². The van der Waals surface area contributed by atoms with E-state index >= 15 is 0 Å². The highest BCUT2D eigenvalue weighted by Gasteiger charge is 2.17. The van der Waals surface area contributed by atoms with E-state index in [4.69, 9.17) is 0 Å². The number of unbranched alkanes of at least 4 members (excludes halogenated alkanes) is 4. The van der Waals surface area contributed by atoms with Crippen LogP contribution >= 0.6 is 0 Å². The van der Waals surface area contributed by atoms with Crippen LogP contribution in [0.4, 0.5) is 0 Å². The van der Waals surface area contributed by atoms with E-state index in [2.05, 4.69) is 12.2 Å². The third-order valence-corrected chi connectivity index (χ3v) is 3.83. The summed E-state index contributed by atoms with van der Waals surface area (Å²) in [5.41, 5.74) is 0. The van der Waals surface area contributed by atoms with Crippen molar-refractivity contribution in [3.05, 3.63) is 0 Å². The van der Waals surface area contributed by atoms with Gasteiger partial charge in [0.15, 0.2) is 0 Å².